The minimum Gasteiger partial charge on any atom is -0.484 e. The second-order valence-electron chi connectivity index (χ2n) is 3.90. The maximum absolute atomic E-state index is 11.5. The Balaban J connectivity index is 2.33. The number of ether oxygens (including phenoxy) is 2. The average Bonchev–Trinajstić information content (AvgIpc) is 2.42. The summed E-state index contributed by atoms with van der Waals surface area (Å²) in [6.45, 7) is 1.06. The van der Waals surface area contributed by atoms with Gasteiger partial charge in [-0.2, -0.15) is 0 Å². The Morgan fingerprint density at radius 2 is 2.26 bits per heavy atom. The van der Waals surface area contributed by atoms with Crippen LogP contribution >= 0.6 is 15.9 Å². The molecular formula is C13H18BrNO4. The van der Waals surface area contributed by atoms with Crippen molar-refractivity contribution in [3.05, 3.63) is 28.2 Å². The monoisotopic (exact) mass is 331 g/mol. The first kappa shape index (κ1) is 15.9. The van der Waals surface area contributed by atoms with E-state index in [-0.39, 0.29) is 19.1 Å². The fourth-order valence-corrected chi connectivity index (χ4v) is 1.78. The van der Waals surface area contributed by atoms with E-state index in [0.717, 1.165) is 16.5 Å². The predicted molar refractivity (Wildman–Crippen MR) is 75.1 cm³/mol. The summed E-state index contributed by atoms with van der Waals surface area (Å²) >= 11 is 3.31. The van der Waals surface area contributed by atoms with Gasteiger partial charge in [0, 0.05) is 24.7 Å². The van der Waals surface area contributed by atoms with Gasteiger partial charge in [-0.1, -0.05) is 15.9 Å². The molecule has 0 bridgehead atoms. The molecule has 0 spiro atoms. The number of nitrogens with one attached hydrogen (secondary N) is 1. The second kappa shape index (κ2) is 8.90. The molecule has 1 rings (SSSR count). The van der Waals surface area contributed by atoms with Crippen LogP contribution in [0.4, 0.5) is 0 Å². The summed E-state index contributed by atoms with van der Waals surface area (Å²) in [6.07, 6.45) is 0.773. The summed E-state index contributed by atoms with van der Waals surface area (Å²) < 4.78 is 11.0. The lowest BCUT2D eigenvalue weighted by molar-refractivity contribution is -0.123. The Morgan fingerprint density at radius 1 is 1.47 bits per heavy atom. The van der Waals surface area contributed by atoms with Crippen LogP contribution in [0.15, 0.2) is 22.7 Å². The molecule has 1 amide bonds. The third-order valence-corrected chi connectivity index (χ3v) is 3.18. The van der Waals surface area contributed by atoms with Gasteiger partial charge < -0.3 is 19.9 Å². The van der Waals surface area contributed by atoms with E-state index in [0.29, 0.717) is 18.9 Å². The highest BCUT2D eigenvalue weighted by Crippen LogP contribution is 2.22. The molecule has 1 aromatic carbocycles. The topological polar surface area (TPSA) is 67.8 Å². The number of benzene rings is 1. The molecule has 0 saturated heterocycles. The molecule has 0 radical (unpaired) electrons. The zero-order chi connectivity index (χ0) is 14.1. The molecular weight excluding hydrogens is 314 g/mol. The Labute approximate surface area is 121 Å². The van der Waals surface area contributed by atoms with Crippen molar-refractivity contribution in [3.63, 3.8) is 0 Å². The van der Waals surface area contributed by atoms with Crippen molar-refractivity contribution in [2.24, 2.45) is 0 Å². The highest BCUT2D eigenvalue weighted by Gasteiger charge is 2.04. The van der Waals surface area contributed by atoms with Crippen LogP contribution in [0.2, 0.25) is 0 Å². The molecule has 5 nitrogen and oxygen atoms in total. The van der Waals surface area contributed by atoms with Gasteiger partial charge >= 0.3 is 0 Å². The first-order valence-electron chi connectivity index (χ1n) is 5.95. The van der Waals surface area contributed by atoms with E-state index in [2.05, 4.69) is 21.2 Å². The third kappa shape index (κ3) is 6.04. The molecule has 0 aliphatic rings. The molecule has 0 unspecified atom stereocenters. The summed E-state index contributed by atoms with van der Waals surface area (Å²) in [6, 6.07) is 5.21. The maximum atomic E-state index is 11.5. The van der Waals surface area contributed by atoms with Crippen LogP contribution in [-0.4, -0.2) is 37.9 Å². The lowest BCUT2D eigenvalue weighted by Gasteiger charge is -2.09. The second-order valence-corrected chi connectivity index (χ2v) is 4.75. The number of halogens is 1. The number of aliphatic hydroxyl groups excluding tert-OH is 1. The average molecular weight is 332 g/mol. The number of methoxy groups -OCH3 is 1. The van der Waals surface area contributed by atoms with Gasteiger partial charge in [-0.25, -0.2) is 0 Å². The van der Waals surface area contributed by atoms with E-state index < -0.39 is 0 Å². The van der Waals surface area contributed by atoms with E-state index >= 15 is 0 Å². The van der Waals surface area contributed by atoms with Crippen molar-refractivity contribution in [3.8, 4) is 5.75 Å². The minimum atomic E-state index is -0.176. The number of hydrogen-bond donors (Lipinski definition) is 2. The SMILES string of the molecule is COCCCNC(=O)COc1ccc(Br)c(CO)c1. The predicted octanol–water partition coefficient (Wildman–Crippen LogP) is 1.47. The standard InChI is InChI=1S/C13H18BrNO4/c1-18-6-2-5-15-13(17)9-19-11-3-4-12(14)10(7-11)8-16/h3-4,7,16H,2,5-6,8-9H2,1H3,(H,15,17). The number of carbonyl (C=O) groups is 1. The normalized spacial score (nSPS) is 10.3. The summed E-state index contributed by atoms with van der Waals surface area (Å²) in [4.78, 5) is 11.5. The molecule has 0 heterocycles. The van der Waals surface area contributed by atoms with Gasteiger partial charge in [0.15, 0.2) is 6.61 Å². The lowest BCUT2D eigenvalue weighted by Crippen LogP contribution is -2.30. The fraction of sp³-hybridized carbons (Fsp3) is 0.462. The van der Waals surface area contributed by atoms with Crippen LogP contribution in [0.25, 0.3) is 0 Å². The van der Waals surface area contributed by atoms with E-state index in [9.17, 15) is 4.79 Å². The minimum absolute atomic E-state index is 0.0422. The summed E-state index contributed by atoms with van der Waals surface area (Å²) in [5.41, 5.74) is 0.720. The van der Waals surface area contributed by atoms with E-state index in [1.54, 1.807) is 25.3 Å². The van der Waals surface area contributed by atoms with Crippen LogP contribution in [0.1, 0.15) is 12.0 Å². The van der Waals surface area contributed by atoms with Crippen molar-refractivity contribution in [2.45, 2.75) is 13.0 Å². The molecule has 0 aliphatic heterocycles. The Kier molecular flexibility index (Phi) is 7.47. The van der Waals surface area contributed by atoms with Gasteiger partial charge in [-0.15, -0.1) is 0 Å². The number of aliphatic hydroxyl groups is 1. The highest BCUT2D eigenvalue weighted by molar-refractivity contribution is 9.10. The molecule has 6 heteroatoms. The molecule has 19 heavy (non-hydrogen) atoms. The van der Waals surface area contributed by atoms with Gasteiger partial charge in [0.1, 0.15) is 5.75 Å². The lowest BCUT2D eigenvalue weighted by atomic mass is 10.2. The van der Waals surface area contributed by atoms with Gasteiger partial charge in [-0.3, -0.25) is 4.79 Å². The zero-order valence-electron chi connectivity index (χ0n) is 10.8. The Hall–Kier alpha value is -1.11. The van der Waals surface area contributed by atoms with E-state index in [1.165, 1.54) is 0 Å². The van der Waals surface area contributed by atoms with Crippen molar-refractivity contribution in [2.75, 3.05) is 26.9 Å². The summed E-state index contributed by atoms with van der Waals surface area (Å²) in [7, 11) is 1.62. The van der Waals surface area contributed by atoms with Crippen molar-refractivity contribution in [1.29, 1.82) is 0 Å². The van der Waals surface area contributed by atoms with Crippen LogP contribution in [0, 0.1) is 0 Å². The number of carbonyl (C=O) groups excluding carboxylic acids is 1. The summed E-state index contributed by atoms with van der Waals surface area (Å²) in [5, 5.41) is 11.8. The van der Waals surface area contributed by atoms with Gasteiger partial charge in [-0.05, 0) is 30.2 Å². The molecule has 0 fully saturated rings. The van der Waals surface area contributed by atoms with E-state index in [4.69, 9.17) is 14.6 Å². The van der Waals surface area contributed by atoms with Gasteiger partial charge in [0.2, 0.25) is 0 Å². The van der Waals surface area contributed by atoms with Crippen molar-refractivity contribution >= 4 is 21.8 Å². The first-order chi connectivity index (χ1) is 9.17. The van der Waals surface area contributed by atoms with E-state index in [1.807, 2.05) is 0 Å². The fourth-order valence-electron chi connectivity index (χ4n) is 1.41. The maximum Gasteiger partial charge on any atom is 0.257 e. The Bertz CT molecular complexity index is 412. The zero-order valence-corrected chi connectivity index (χ0v) is 12.4. The molecule has 1 aromatic rings. The molecule has 0 aromatic heterocycles. The number of amides is 1. The highest BCUT2D eigenvalue weighted by atomic mass is 79.9. The van der Waals surface area contributed by atoms with Crippen LogP contribution in [-0.2, 0) is 16.1 Å². The molecule has 0 saturated carbocycles. The smallest absolute Gasteiger partial charge is 0.257 e. The van der Waals surface area contributed by atoms with Gasteiger partial charge in [0.25, 0.3) is 5.91 Å². The van der Waals surface area contributed by atoms with Crippen LogP contribution in [0.5, 0.6) is 5.75 Å². The molecule has 0 atom stereocenters. The summed E-state index contributed by atoms with van der Waals surface area (Å²) in [5.74, 6) is 0.379. The molecule has 2 N–H and O–H groups in total. The number of hydrogen-bond acceptors (Lipinski definition) is 4. The van der Waals surface area contributed by atoms with Gasteiger partial charge in [0.05, 0.1) is 6.61 Å². The quantitative estimate of drug-likeness (QED) is 0.708. The Morgan fingerprint density at radius 3 is 2.95 bits per heavy atom. The number of rotatable bonds is 8. The molecule has 106 valence electrons. The van der Waals surface area contributed by atoms with Crippen LogP contribution < -0.4 is 10.1 Å². The van der Waals surface area contributed by atoms with Crippen LogP contribution in [0.3, 0.4) is 0 Å². The molecule has 0 aliphatic carbocycles. The third-order valence-electron chi connectivity index (χ3n) is 2.40. The van der Waals surface area contributed by atoms with Crippen molar-refractivity contribution < 1.29 is 19.4 Å². The first-order valence-corrected chi connectivity index (χ1v) is 6.74. The largest absolute Gasteiger partial charge is 0.484 e. The van der Waals surface area contributed by atoms with Crippen molar-refractivity contribution in [1.82, 2.24) is 5.32 Å².